The molecule has 1 heterocycles. The summed E-state index contributed by atoms with van der Waals surface area (Å²) >= 11 is 0. The predicted molar refractivity (Wildman–Crippen MR) is 74.0 cm³/mol. The molecule has 1 fully saturated rings. The minimum Gasteiger partial charge on any atom is -0.478 e. The number of anilines is 1. The average molecular weight is 278 g/mol. The maximum Gasteiger partial charge on any atom is 0.336 e. The number of benzene rings is 1. The Hall–Kier alpha value is -1.92. The molecule has 6 nitrogen and oxygen atoms in total. The van der Waals surface area contributed by atoms with Gasteiger partial charge in [-0.3, -0.25) is 4.79 Å². The highest BCUT2D eigenvalue weighted by atomic mass is 16.5. The molecular weight excluding hydrogens is 260 g/mol. The van der Waals surface area contributed by atoms with Crippen LogP contribution >= 0.6 is 0 Å². The summed E-state index contributed by atoms with van der Waals surface area (Å²) in [4.78, 5) is 23.0. The first-order valence-electron chi connectivity index (χ1n) is 6.52. The number of carboxylic acids is 1. The lowest BCUT2D eigenvalue weighted by atomic mass is 10.1. The molecule has 6 heteroatoms. The third-order valence-corrected chi connectivity index (χ3v) is 3.27. The van der Waals surface area contributed by atoms with E-state index in [2.05, 4.69) is 10.6 Å². The molecule has 0 saturated carbocycles. The number of carbonyl (C=O) groups is 2. The van der Waals surface area contributed by atoms with Crippen molar-refractivity contribution in [2.75, 3.05) is 25.1 Å². The molecule has 1 saturated heterocycles. The fraction of sp³-hybridized carbons (Fsp3) is 0.429. The highest BCUT2D eigenvalue weighted by molar-refractivity contribution is 5.96. The van der Waals surface area contributed by atoms with E-state index >= 15 is 0 Å². The van der Waals surface area contributed by atoms with E-state index in [1.54, 1.807) is 19.1 Å². The minimum absolute atomic E-state index is 0.00622. The van der Waals surface area contributed by atoms with Gasteiger partial charge in [-0.1, -0.05) is 6.07 Å². The molecule has 1 unspecified atom stereocenters. The Kier molecular flexibility index (Phi) is 4.70. The highest BCUT2D eigenvalue weighted by Crippen LogP contribution is 2.19. The molecule has 0 aromatic heterocycles. The summed E-state index contributed by atoms with van der Waals surface area (Å²) < 4.78 is 5.29. The molecule has 1 aromatic carbocycles. The van der Waals surface area contributed by atoms with E-state index in [0.29, 0.717) is 30.9 Å². The lowest BCUT2D eigenvalue weighted by Crippen LogP contribution is -2.43. The molecule has 0 aliphatic carbocycles. The molecule has 1 aliphatic rings. The molecule has 0 radical (unpaired) electrons. The Bertz CT molecular complexity index is 510. The number of nitrogens with one attached hydrogen (secondary N) is 2. The van der Waals surface area contributed by atoms with Crippen molar-refractivity contribution in [2.24, 2.45) is 0 Å². The number of carbonyl (C=O) groups excluding carboxylic acids is 1. The normalized spacial score (nSPS) is 18.6. The van der Waals surface area contributed by atoms with Gasteiger partial charge >= 0.3 is 5.97 Å². The molecule has 1 aromatic rings. The van der Waals surface area contributed by atoms with Gasteiger partial charge in [-0.15, -0.1) is 0 Å². The Balaban J connectivity index is 2.00. The van der Waals surface area contributed by atoms with Crippen molar-refractivity contribution in [1.29, 1.82) is 0 Å². The van der Waals surface area contributed by atoms with E-state index in [4.69, 9.17) is 9.84 Å². The zero-order valence-electron chi connectivity index (χ0n) is 11.3. The van der Waals surface area contributed by atoms with Gasteiger partial charge < -0.3 is 20.5 Å². The third-order valence-electron chi connectivity index (χ3n) is 3.27. The second kappa shape index (κ2) is 6.49. The molecule has 1 amide bonds. The van der Waals surface area contributed by atoms with Gasteiger partial charge in [0.05, 0.1) is 18.8 Å². The number of amides is 1. The largest absolute Gasteiger partial charge is 0.478 e. The van der Waals surface area contributed by atoms with Crippen LogP contribution in [0.5, 0.6) is 0 Å². The lowest BCUT2D eigenvalue weighted by molar-refractivity contribution is -0.117. The van der Waals surface area contributed by atoms with Crippen LogP contribution in [0.3, 0.4) is 0 Å². The van der Waals surface area contributed by atoms with Crippen molar-refractivity contribution in [3.8, 4) is 0 Å². The van der Waals surface area contributed by atoms with Gasteiger partial charge in [0.25, 0.3) is 0 Å². The Morgan fingerprint density at radius 2 is 2.30 bits per heavy atom. The van der Waals surface area contributed by atoms with Crippen LogP contribution in [0.25, 0.3) is 0 Å². The van der Waals surface area contributed by atoms with Gasteiger partial charge in [0, 0.05) is 24.7 Å². The summed E-state index contributed by atoms with van der Waals surface area (Å²) in [5, 5.41) is 15.0. The van der Waals surface area contributed by atoms with E-state index in [1.165, 1.54) is 6.07 Å². The second-order valence-corrected chi connectivity index (χ2v) is 4.76. The maximum absolute atomic E-state index is 12.0. The number of hydrogen-bond donors (Lipinski definition) is 3. The number of hydrogen-bond acceptors (Lipinski definition) is 4. The van der Waals surface area contributed by atoms with Gasteiger partial charge in [-0.2, -0.15) is 0 Å². The van der Waals surface area contributed by atoms with Crippen molar-refractivity contribution in [3.05, 3.63) is 29.3 Å². The summed E-state index contributed by atoms with van der Waals surface area (Å²) in [5.41, 5.74) is 1.29. The van der Waals surface area contributed by atoms with Crippen molar-refractivity contribution >= 4 is 17.6 Å². The van der Waals surface area contributed by atoms with E-state index in [9.17, 15) is 9.59 Å². The standard InChI is InChI=1S/C14H18N2O4/c1-9-11(14(18)19)3-2-4-12(9)16-13(17)7-10-8-20-6-5-15-10/h2-4,10,15H,5-8H2,1H3,(H,16,17)(H,18,19). The fourth-order valence-electron chi connectivity index (χ4n) is 2.18. The van der Waals surface area contributed by atoms with Crippen LogP contribution in [0, 0.1) is 6.92 Å². The summed E-state index contributed by atoms with van der Waals surface area (Å²) in [6.45, 7) is 3.60. The fourth-order valence-corrected chi connectivity index (χ4v) is 2.18. The van der Waals surface area contributed by atoms with Crippen molar-refractivity contribution in [3.63, 3.8) is 0 Å². The smallest absolute Gasteiger partial charge is 0.336 e. The Labute approximate surface area is 117 Å². The topological polar surface area (TPSA) is 87.7 Å². The summed E-state index contributed by atoms with van der Waals surface area (Å²) in [6.07, 6.45) is 0.302. The zero-order chi connectivity index (χ0) is 14.5. The first kappa shape index (κ1) is 14.5. The van der Waals surface area contributed by atoms with Crippen LogP contribution in [-0.2, 0) is 9.53 Å². The Morgan fingerprint density at radius 1 is 1.50 bits per heavy atom. The van der Waals surface area contributed by atoms with E-state index in [0.717, 1.165) is 6.54 Å². The van der Waals surface area contributed by atoms with Gasteiger partial charge in [-0.25, -0.2) is 4.79 Å². The van der Waals surface area contributed by atoms with Crippen molar-refractivity contribution in [1.82, 2.24) is 5.32 Å². The van der Waals surface area contributed by atoms with Crippen LogP contribution in [0.15, 0.2) is 18.2 Å². The maximum atomic E-state index is 12.0. The van der Waals surface area contributed by atoms with E-state index in [1.807, 2.05) is 0 Å². The average Bonchev–Trinajstić information content (AvgIpc) is 2.42. The molecule has 1 aliphatic heterocycles. The van der Waals surface area contributed by atoms with Gasteiger partial charge in [0.15, 0.2) is 0 Å². The molecule has 108 valence electrons. The minimum atomic E-state index is -0.999. The number of rotatable bonds is 4. The Morgan fingerprint density at radius 3 is 2.95 bits per heavy atom. The summed E-state index contributed by atoms with van der Waals surface area (Å²) in [7, 11) is 0. The van der Waals surface area contributed by atoms with Crippen molar-refractivity contribution in [2.45, 2.75) is 19.4 Å². The first-order valence-corrected chi connectivity index (χ1v) is 6.52. The molecule has 0 spiro atoms. The molecule has 2 rings (SSSR count). The van der Waals surface area contributed by atoms with E-state index in [-0.39, 0.29) is 17.5 Å². The summed E-state index contributed by atoms with van der Waals surface area (Å²) in [5.74, 6) is -1.15. The molecular formula is C14H18N2O4. The second-order valence-electron chi connectivity index (χ2n) is 4.76. The van der Waals surface area contributed by atoms with Gasteiger partial charge in [-0.05, 0) is 24.6 Å². The number of morpholine rings is 1. The van der Waals surface area contributed by atoms with Crippen molar-refractivity contribution < 1.29 is 19.4 Å². The van der Waals surface area contributed by atoms with Gasteiger partial charge in [0.2, 0.25) is 5.91 Å². The lowest BCUT2D eigenvalue weighted by Gasteiger charge is -2.23. The van der Waals surface area contributed by atoms with Crippen LogP contribution in [-0.4, -0.2) is 42.8 Å². The first-order chi connectivity index (χ1) is 9.58. The van der Waals surface area contributed by atoms with Crippen LogP contribution in [0.1, 0.15) is 22.3 Å². The SMILES string of the molecule is Cc1c(NC(=O)CC2COCCN2)cccc1C(=O)O. The number of carboxylic acid groups (broad SMARTS) is 1. The molecule has 20 heavy (non-hydrogen) atoms. The predicted octanol–water partition coefficient (Wildman–Crippen LogP) is 1.01. The molecule has 3 N–H and O–H groups in total. The molecule has 1 atom stereocenters. The third kappa shape index (κ3) is 3.55. The highest BCUT2D eigenvalue weighted by Gasteiger charge is 2.18. The quantitative estimate of drug-likeness (QED) is 0.765. The monoisotopic (exact) mass is 278 g/mol. The molecule has 0 bridgehead atoms. The van der Waals surface area contributed by atoms with E-state index < -0.39 is 5.97 Å². The van der Waals surface area contributed by atoms with Crippen LogP contribution < -0.4 is 10.6 Å². The number of aromatic carboxylic acids is 1. The van der Waals surface area contributed by atoms with Crippen LogP contribution in [0.2, 0.25) is 0 Å². The number of ether oxygens (including phenoxy) is 1. The van der Waals surface area contributed by atoms with Crippen LogP contribution in [0.4, 0.5) is 5.69 Å². The summed E-state index contributed by atoms with van der Waals surface area (Å²) in [6, 6.07) is 4.84. The van der Waals surface area contributed by atoms with Gasteiger partial charge in [0.1, 0.15) is 0 Å². The zero-order valence-corrected chi connectivity index (χ0v) is 11.3.